The van der Waals surface area contributed by atoms with Crippen LogP contribution in [-0.4, -0.2) is 38.8 Å². The fourth-order valence-corrected chi connectivity index (χ4v) is 3.26. The van der Waals surface area contributed by atoms with Gasteiger partial charge in [0, 0.05) is 31.2 Å². The number of likely N-dealkylation sites (N-methyl/N-ethyl adjacent to an activating group) is 1. The van der Waals surface area contributed by atoms with Crippen molar-refractivity contribution in [2.45, 2.75) is 6.42 Å². The van der Waals surface area contributed by atoms with Gasteiger partial charge in [-0.05, 0) is 6.07 Å². The number of fused-ring (bicyclic) bond motifs is 1. The van der Waals surface area contributed by atoms with E-state index in [0.717, 1.165) is 18.7 Å². The number of phenols is 1. The number of carbonyl (C=O) groups excluding carboxylic acids is 1. The summed E-state index contributed by atoms with van der Waals surface area (Å²) in [5, 5.41) is 12.9. The number of ether oxygens (including phenoxy) is 1. The van der Waals surface area contributed by atoms with E-state index in [1.165, 1.54) is 18.7 Å². The monoisotopic (exact) mass is 313 g/mol. The fourth-order valence-electron chi connectivity index (χ4n) is 3.26. The molecule has 1 heterocycles. The van der Waals surface area contributed by atoms with Crippen molar-refractivity contribution in [3.05, 3.63) is 47.5 Å². The van der Waals surface area contributed by atoms with Crippen LogP contribution in [0.3, 0.4) is 0 Å². The third-order valence-electron chi connectivity index (χ3n) is 4.62. The largest absolute Gasteiger partial charge is 0.504 e. The summed E-state index contributed by atoms with van der Waals surface area (Å²) in [4.78, 5) is 13.3. The summed E-state index contributed by atoms with van der Waals surface area (Å²) >= 11 is 0. The number of anilines is 1. The lowest BCUT2D eigenvalue weighted by Gasteiger charge is -2.27. The first-order valence-electron chi connectivity index (χ1n) is 7.59. The minimum Gasteiger partial charge on any atom is -0.504 e. The smallest absolute Gasteiger partial charge is 0.352 e. The Hall–Kier alpha value is -2.53. The summed E-state index contributed by atoms with van der Waals surface area (Å²) in [5.41, 5.74) is 3.35. The summed E-state index contributed by atoms with van der Waals surface area (Å²) < 4.78 is 5.38. The minimum absolute atomic E-state index is 0.0119. The predicted octanol–water partition coefficient (Wildman–Crippen LogP) is 2.78. The molecule has 0 bridgehead atoms. The van der Waals surface area contributed by atoms with Crippen molar-refractivity contribution in [2.24, 2.45) is 0 Å². The van der Waals surface area contributed by atoms with Gasteiger partial charge in [0.1, 0.15) is 11.3 Å². The van der Waals surface area contributed by atoms with Crippen LogP contribution >= 0.6 is 0 Å². The maximum Gasteiger partial charge on any atom is 0.352 e. The topological polar surface area (TPSA) is 58.6 Å². The second-order valence-electron chi connectivity index (χ2n) is 5.92. The predicted molar refractivity (Wildman–Crippen MR) is 91.3 cm³/mol. The molecule has 5 heteroatoms. The Morgan fingerprint density at radius 3 is 2.74 bits per heavy atom. The highest BCUT2D eigenvalue weighted by Crippen LogP contribution is 2.38. The summed E-state index contributed by atoms with van der Waals surface area (Å²) in [6.07, 6.45) is 0.877. The maximum atomic E-state index is 13.3. The minimum atomic E-state index is -0.0161. The maximum absolute atomic E-state index is 13.3. The van der Waals surface area contributed by atoms with E-state index in [-0.39, 0.29) is 16.1 Å². The fraction of sp³-hybridized carbons (Fsp3) is 0.278. The van der Waals surface area contributed by atoms with Crippen molar-refractivity contribution in [1.29, 1.82) is 0 Å². The zero-order chi connectivity index (χ0) is 16.6. The number of methoxy groups -OCH3 is 1. The molecule has 0 radical (unpaired) electrons. The SMILES string of the molecule is CNc1cc(O)c(OC)cc1C(=O)[N+]1(C)CCc2ccccc21. The number of hydrogen-bond donors (Lipinski definition) is 2. The Labute approximate surface area is 135 Å². The number of hydrogen-bond acceptors (Lipinski definition) is 4. The molecular weight excluding hydrogens is 292 g/mol. The number of quaternary nitrogens is 1. The standard InChI is InChI=1S/C18H20N2O3/c1-19-14-11-16(21)17(23-3)10-13(14)18(22)20(2)9-8-12-6-4-5-7-15(12)20/h4-7,10-11H,8-9H2,1-3H3,(H-,19,21,22)/p+1. The highest BCUT2D eigenvalue weighted by molar-refractivity contribution is 6.07. The number of phenolic OH excluding ortho intramolecular Hbond substituents is 1. The number of aromatic hydroxyl groups is 1. The Balaban J connectivity index is 2.11. The van der Waals surface area contributed by atoms with Gasteiger partial charge < -0.3 is 15.2 Å². The molecule has 2 aromatic carbocycles. The zero-order valence-electron chi connectivity index (χ0n) is 13.6. The molecule has 0 spiro atoms. The number of carbonyl (C=O) groups is 1. The molecule has 0 saturated heterocycles. The van der Waals surface area contributed by atoms with Gasteiger partial charge in [-0.2, -0.15) is 0 Å². The molecule has 23 heavy (non-hydrogen) atoms. The van der Waals surface area contributed by atoms with Crippen LogP contribution in [0.1, 0.15) is 15.9 Å². The zero-order valence-corrected chi connectivity index (χ0v) is 13.6. The molecule has 2 aromatic rings. The highest BCUT2D eigenvalue weighted by atomic mass is 16.5. The molecule has 1 unspecified atom stereocenters. The molecule has 0 fully saturated rings. The van der Waals surface area contributed by atoms with Crippen LogP contribution in [-0.2, 0) is 6.42 Å². The number of nitrogens with zero attached hydrogens (tertiary/aromatic N) is 1. The van der Waals surface area contributed by atoms with Crippen molar-refractivity contribution in [3.8, 4) is 11.5 Å². The lowest BCUT2D eigenvalue weighted by Crippen LogP contribution is -2.49. The molecular formula is C18H21N2O3+. The Morgan fingerprint density at radius 2 is 2.04 bits per heavy atom. The van der Waals surface area contributed by atoms with Gasteiger partial charge in [0.25, 0.3) is 0 Å². The van der Waals surface area contributed by atoms with Crippen LogP contribution in [0.2, 0.25) is 0 Å². The van der Waals surface area contributed by atoms with Gasteiger partial charge in [0.2, 0.25) is 0 Å². The summed E-state index contributed by atoms with van der Waals surface area (Å²) in [5.74, 6) is 0.293. The van der Waals surface area contributed by atoms with E-state index in [2.05, 4.69) is 11.4 Å². The van der Waals surface area contributed by atoms with E-state index in [1.54, 1.807) is 13.1 Å². The van der Waals surface area contributed by atoms with Gasteiger partial charge in [-0.15, -0.1) is 0 Å². The quantitative estimate of drug-likeness (QED) is 0.856. The van der Waals surface area contributed by atoms with Crippen molar-refractivity contribution in [3.63, 3.8) is 0 Å². The highest BCUT2D eigenvalue weighted by Gasteiger charge is 2.42. The first-order chi connectivity index (χ1) is 11.0. The lowest BCUT2D eigenvalue weighted by molar-refractivity contribution is 0.0813. The van der Waals surface area contributed by atoms with E-state index >= 15 is 0 Å². The second-order valence-corrected chi connectivity index (χ2v) is 5.92. The summed E-state index contributed by atoms with van der Waals surface area (Å²) in [7, 11) is 5.15. The molecule has 2 N–H and O–H groups in total. The van der Waals surface area contributed by atoms with Gasteiger partial charge in [-0.25, -0.2) is 9.28 Å². The van der Waals surface area contributed by atoms with Crippen LogP contribution in [0, 0.1) is 0 Å². The number of rotatable bonds is 3. The van der Waals surface area contributed by atoms with E-state index in [9.17, 15) is 9.90 Å². The van der Waals surface area contributed by atoms with Crippen molar-refractivity contribution in [1.82, 2.24) is 4.48 Å². The lowest BCUT2D eigenvalue weighted by atomic mass is 10.1. The van der Waals surface area contributed by atoms with E-state index in [4.69, 9.17) is 4.74 Å². The summed E-state index contributed by atoms with van der Waals surface area (Å²) in [6, 6.07) is 11.2. The van der Waals surface area contributed by atoms with Gasteiger partial charge in [-0.3, -0.25) is 0 Å². The van der Waals surface area contributed by atoms with Gasteiger partial charge in [0.15, 0.2) is 11.5 Å². The second kappa shape index (κ2) is 5.59. The molecule has 120 valence electrons. The van der Waals surface area contributed by atoms with E-state index in [0.29, 0.717) is 17.0 Å². The molecule has 0 aliphatic carbocycles. The average Bonchev–Trinajstić information content (AvgIpc) is 2.92. The van der Waals surface area contributed by atoms with Gasteiger partial charge >= 0.3 is 5.91 Å². The van der Waals surface area contributed by atoms with Crippen LogP contribution in [0.4, 0.5) is 11.4 Å². The molecule has 0 aromatic heterocycles. The number of nitrogens with one attached hydrogen (secondary N) is 1. The van der Waals surface area contributed by atoms with Gasteiger partial charge in [-0.1, -0.05) is 18.2 Å². The first kappa shape index (κ1) is 15.4. The van der Waals surface area contributed by atoms with Crippen molar-refractivity contribution < 1.29 is 14.6 Å². The van der Waals surface area contributed by atoms with Crippen LogP contribution in [0.5, 0.6) is 11.5 Å². The van der Waals surface area contributed by atoms with Gasteiger partial charge in [0.05, 0.1) is 26.4 Å². The average molecular weight is 313 g/mol. The van der Waals surface area contributed by atoms with Crippen LogP contribution < -0.4 is 14.5 Å². The Kier molecular flexibility index (Phi) is 3.74. The number of para-hydroxylation sites is 1. The van der Waals surface area contributed by atoms with Crippen molar-refractivity contribution in [2.75, 3.05) is 33.1 Å². The molecule has 1 aliphatic rings. The molecule has 5 nitrogen and oxygen atoms in total. The molecule has 1 amide bonds. The molecule has 0 saturated carbocycles. The molecule has 3 rings (SSSR count). The van der Waals surface area contributed by atoms with Crippen LogP contribution in [0.15, 0.2) is 36.4 Å². The van der Waals surface area contributed by atoms with Crippen LogP contribution in [0.25, 0.3) is 0 Å². The molecule has 1 aliphatic heterocycles. The van der Waals surface area contributed by atoms with Crippen molar-refractivity contribution >= 4 is 17.3 Å². The number of benzene rings is 2. The Morgan fingerprint density at radius 1 is 1.30 bits per heavy atom. The normalized spacial score (nSPS) is 19.3. The van der Waals surface area contributed by atoms with E-state index in [1.807, 2.05) is 25.2 Å². The first-order valence-corrected chi connectivity index (χ1v) is 7.59. The Bertz CT molecular complexity index is 773. The summed E-state index contributed by atoms with van der Waals surface area (Å²) in [6.45, 7) is 0.727. The van der Waals surface area contributed by atoms with E-state index < -0.39 is 0 Å². The molecule has 1 atom stereocenters. The third kappa shape index (κ3) is 2.33. The number of amides is 1. The third-order valence-corrected chi connectivity index (χ3v) is 4.62.